The maximum atomic E-state index is 12.5. The molecule has 0 bridgehead atoms. The molecule has 0 radical (unpaired) electrons. The number of hydrazine groups is 1. The number of rotatable bonds is 11. The summed E-state index contributed by atoms with van der Waals surface area (Å²) in [5.41, 5.74) is 9.62. The molecule has 1 atom stereocenters. The second-order valence-corrected chi connectivity index (χ2v) is 8.47. The summed E-state index contributed by atoms with van der Waals surface area (Å²) >= 11 is 0. The molecule has 2 rings (SSSR count). The zero-order chi connectivity index (χ0) is 34.3. The van der Waals surface area contributed by atoms with E-state index >= 15 is 0 Å². The summed E-state index contributed by atoms with van der Waals surface area (Å²) in [6.07, 6.45) is -10.2. The van der Waals surface area contributed by atoms with Gasteiger partial charge in [0, 0.05) is 17.8 Å². The van der Waals surface area contributed by atoms with Crippen molar-refractivity contribution < 1.29 is 60.4 Å². The lowest BCUT2D eigenvalue weighted by Crippen LogP contribution is -2.37. The van der Waals surface area contributed by atoms with Gasteiger partial charge in [0.1, 0.15) is 18.5 Å². The number of ether oxygens (including phenoxy) is 2. The Bertz CT molecular complexity index is 1220. The Labute approximate surface area is 247 Å². The molecule has 2 aromatic rings. The first kappa shape index (κ1) is 39.2. The van der Waals surface area contributed by atoms with Crippen molar-refractivity contribution in [3.63, 3.8) is 0 Å². The van der Waals surface area contributed by atoms with Crippen LogP contribution in [0.2, 0.25) is 0 Å². The molecule has 0 saturated carbocycles. The normalized spacial score (nSPS) is 11.5. The Morgan fingerprint density at radius 3 is 1.82 bits per heavy atom. The van der Waals surface area contributed by atoms with Crippen molar-refractivity contribution in [2.45, 2.75) is 25.3 Å². The molecule has 0 heterocycles. The number of halogens is 6. The van der Waals surface area contributed by atoms with Crippen LogP contribution in [-0.4, -0.2) is 85.0 Å². The Morgan fingerprint density at radius 2 is 1.43 bits per heavy atom. The van der Waals surface area contributed by atoms with Crippen molar-refractivity contribution in [3.8, 4) is 11.5 Å². The van der Waals surface area contributed by atoms with Gasteiger partial charge in [-0.25, -0.2) is 15.4 Å². The van der Waals surface area contributed by atoms with E-state index < -0.39 is 36.2 Å². The van der Waals surface area contributed by atoms with Crippen LogP contribution in [0.25, 0.3) is 0 Å². The highest BCUT2D eigenvalue weighted by molar-refractivity contribution is 5.95. The van der Waals surface area contributed by atoms with E-state index in [1.54, 1.807) is 42.5 Å². The van der Waals surface area contributed by atoms with Gasteiger partial charge in [-0.15, -0.1) is 0 Å². The summed E-state index contributed by atoms with van der Waals surface area (Å²) in [7, 11) is 3.95. The molecule has 44 heavy (non-hydrogen) atoms. The van der Waals surface area contributed by atoms with Gasteiger partial charge in [0.25, 0.3) is 5.91 Å². The first-order valence-electron chi connectivity index (χ1n) is 12.1. The van der Waals surface area contributed by atoms with Crippen LogP contribution in [-0.2, 0) is 14.4 Å². The fourth-order valence-corrected chi connectivity index (χ4v) is 2.73. The van der Waals surface area contributed by atoms with Crippen LogP contribution in [0.3, 0.4) is 0 Å². The number of carboxylic acid groups (broad SMARTS) is 2. The van der Waals surface area contributed by atoms with Gasteiger partial charge >= 0.3 is 24.3 Å². The predicted molar refractivity (Wildman–Crippen MR) is 145 cm³/mol. The second kappa shape index (κ2) is 18.0. The summed E-state index contributed by atoms with van der Waals surface area (Å²) < 4.78 is 75.0. The van der Waals surface area contributed by atoms with Crippen LogP contribution in [0, 0.1) is 5.41 Å². The number of hydrogen-bond donors (Lipinski definition) is 7. The number of nitrogens with zero attached hydrogens (tertiary/aromatic N) is 1. The van der Waals surface area contributed by atoms with E-state index in [1.165, 1.54) is 0 Å². The number of anilines is 1. The van der Waals surface area contributed by atoms with Gasteiger partial charge in [-0.2, -0.15) is 26.3 Å². The fourth-order valence-electron chi connectivity index (χ4n) is 2.73. The van der Waals surface area contributed by atoms with Crippen molar-refractivity contribution in [1.29, 1.82) is 5.41 Å². The summed E-state index contributed by atoms with van der Waals surface area (Å²) in [6, 6.07) is 11.5. The quantitative estimate of drug-likeness (QED) is 0.0473. The highest BCUT2D eigenvalue weighted by Crippen LogP contribution is 2.32. The Hall–Kier alpha value is -4.78. The van der Waals surface area contributed by atoms with E-state index in [0.717, 1.165) is 6.54 Å². The van der Waals surface area contributed by atoms with E-state index in [0.29, 0.717) is 41.5 Å². The lowest BCUT2D eigenvalue weighted by molar-refractivity contribution is -0.193. The number of amidine groups is 1. The average molecular weight is 643 g/mol. The third kappa shape index (κ3) is 14.9. The summed E-state index contributed by atoms with van der Waals surface area (Å²) in [6.45, 7) is 3.62. The molecule has 0 aliphatic rings. The minimum Gasteiger partial charge on any atom is -0.490 e. The molecule has 2 aromatic carbocycles. The molecule has 0 aromatic heterocycles. The number of carbonyl (C=O) groups excluding carboxylic acids is 1. The molecule has 0 fully saturated rings. The number of nitrogens with two attached hydrogens (primary N) is 2. The van der Waals surface area contributed by atoms with Gasteiger partial charge in [0.2, 0.25) is 0 Å². The zero-order valence-corrected chi connectivity index (χ0v) is 23.5. The number of aliphatic carboxylic acids is 2. The second-order valence-electron chi connectivity index (χ2n) is 8.47. The van der Waals surface area contributed by atoms with Crippen molar-refractivity contribution in [3.05, 3.63) is 53.6 Å². The SMILES string of the molecule is CCOc1cc(C(Nc2ccc(C(=N)N)cc2)C(=O)NN)ccc1OCCN(C)C.O=C(O)C(F)(F)F.O=C(O)C(F)(F)F. The van der Waals surface area contributed by atoms with Gasteiger partial charge in [0.05, 0.1) is 6.61 Å². The van der Waals surface area contributed by atoms with Crippen LogP contribution in [0.15, 0.2) is 42.5 Å². The van der Waals surface area contributed by atoms with Crippen LogP contribution >= 0.6 is 0 Å². The molecular weight excluding hydrogens is 610 g/mol. The minimum absolute atomic E-state index is 0.0241. The number of nitrogen functional groups attached to an aromatic ring is 1. The molecule has 1 amide bonds. The Balaban J connectivity index is 0.00000109. The highest BCUT2D eigenvalue weighted by Gasteiger charge is 2.38. The maximum absolute atomic E-state index is 12.5. The maximum Gasteiger partial charge on any atom is 0.490 e. The number of hydrogen-bond acceptors (Lipinski definition) is 9. The third-order valence-corrected chi connectivity index (χ3v) is 4.79. The van der Waals surface area contributed by atoms with E-state index in [-0.39, 0.29) is 5.84 Å². The monoisotopic (exact) mass is 642 g/mol. The summed E-state index contributed by atoms with van der Waals surface area (Å²) in [5.74, 6) is 0.622. The number of alkyl halides is 6. The highest BCUT2D eigenvalue weighted by atomic mass is 19.4. The largest absolute Gasteiger partial charge is 0.490 e. The molecule has 246 valence electrons. The lowest BCUT2D eigenvalue weighted by Gasteiger charge is -2.21. The van der Waals surface area contributed by atoms with Gasteiger partial charge in [-0.3, -0.25) is 15.6 Å². The van der Waals surface area contributed by atoms with Crippen LogP contribution in [0.4, 0.5) is 32.0 Å². The molecule has 0 aliphatic carbocycles. The van der Waals surface area contributed by atoms with Crippen LogP contribution < -0.4 is 31.8 Å². The van der Waals surface area contributed by atoms with Gasteiger partial charge in [-0.05, 0) is 63.0 Å². The number of amides is 1. The molecule has 0 aliphatic heterocycles. The van der Waals surface area contributed by atoms with Crippen molar-refractivity contribution in [2.24, 2.45) is 11.6 Å². The van der Waals surface area contributed by atoms with E-state index in [2.05, 4.69) is 10.7 Å². The van der Waals surface area contributed by atoms with Crippen molar-refractivity contribution in [2.75, 3.05) is 39.2 Å². The third-order valence-electron chi connectivity index (χ3n) is 4.79. The Kier molecular flexibility index (Phi) is 16.1. The Morgan fingerprint density at radius 1 is 0.932 bits per heavy atom. The standard InChI is InChI=1S/C21H30N6O3.2C2HF3O2/c1-4-29-18-13-15(7-10-17(18)30-12-11-27(2)3)19(21(28)26-24)25-16-8-5-14(6-9-16)20(22)23;2*3-2(4,5)1(6)7/h5-10,13,19,25H,4,11-12,24H2,1-3H3,(H3,22,23)(H,26,28);2*(H,6,7). The molecule has 1 unspecified atom stereocenters. The van der Waals surface area contributed by atoms with E-state index in [1.807, 2.05) is 25.9 Å². The fraction of sp³-hybridized carbons (Fsp3) is 0.360. The molecule has 19 heteroatoms. The first-order chi connectivity index (χ1) is 20.2. The molecule has 9 N–H and O–H groups in total. The van der Waals surface area contributed by atoms with Crippen LogP contribution in [0.5, 0.6) is 11.5 Å². The first-order valence-corrected chi connectivity index (χ1v) is 12.1. The van der Waals surface area contributed by atoms with E-state index in [4.69, 9.17) is 46.3 Å². The minimum atomic E-state index is -5.08. The van der Waals surface area contributed by atoms with Crippen molar-refractivity contribution >= 4 is 29.4 Å². The number of carboxylic acids is 2. The molecule has 0 saturated heterocycles. The zero-order valence-electron chi connectivity index (χ0n) is 23.5. The topological polar surface area (TPSA) is 213 Å². The van der Waals surface area contributed by atoms with Gasteiger partial charge in [0.15, 0.2) is 11.5 Å². The van der Waals surface area contributed by atoms with Crippen LogP contribution in [0.1, 0.15) is 24.1 Å². The van der Waals surface area contributed by atoms with E-state index in [9.17, 15) is 31.1 Å². The average Bonchev–Trinajstić information content (AvgIpc) is 2.92. The van der Waals surface area contributed by atoms with Gasteiger partial charge < -0.3 is 35.6 Å². The number of nitrogens with one attached hydrogen (secondary N) is 3. The predicted octanol–water partition coefficient (Wildman–Crippen LogP) is 2.72. The van der Waals surface area contributed by atoms with Gasteiger partial charge in [-0.1, -0.05) is 6.07 Å². The number of likely N-dealkylation sites (N-methyl/N-ethyl adjacent to an activating group) is 1. The summed E-state index contributed by atoms with van der Waals surface area (Å²) in [5, 5.41) is 24.9. The lowest BCUT2D eigenvalue weighted by atomic mass is 10.0. The molecular formula is C25H32F6N6O7. The molecule has 0 spiro atoms. The molecule has 13 nitrogen and oxygen atoms in total. The van der Waals surface area contributed by atoms with Crippen molar-refractivity contribution in [1.82, 2.24) is 10.3 Å². The number of carbonyl (C=O) groups is 3. The smallest absolute Gasteiger partial charge is 0.490 e. The number of benzene rings is 2. The summed E-state index contributed by atoms with van der Waals surface area (Å²) in [4.78, 5) is 32.3.